The lowest BCUT2D eigenvalue weighted by atomic mass is 9.96. The number of ether oxygens (including phenoxy) is 2. The van der Waals surface area contributed by atoms with Crippen LogP contribution in [0.4, 0.5) is 0 Å². The summed E-state index contributed by atoms with van der Waals surface area (Å²) in [5.74, 6) is -1.33. The number of nitrogens with one attached hydrogen (secondary N) is 2. The summed E-state index contributed by atoms with van der Waals surface area (Å²) >= 11 is 12.4. The normalized spacial score (nSPS) is 12.4. The molecule has 0 amide bonds. The molecule has 4 aromatic carbocycles. The van der Waals surface area contributed by atoms with Gasteiger partial charge in [0.15, 0.2) is 0 Å². The molecule has 0 bridgehead atoms. The molecular formula is C33H28Cl2N2O4. The van der Waals surface area contributed by atoms with Crippen molar-refractivity contribution in [3.8, 4) is 0 Å². The number of halogens is 2. The maximum absolute atomic E-state index is 12.8. The van der Waals surface area contributed by atoms with Crippen molar-refractivity contribution in [2.75, 3.05) is 0 Å². The first-order valence-electron chi connectivity index (χ1n) is 13.3. The number of esters is 2. The number of hydrogen-bond donors (Lipinski definition) is 2. The number of carbonyl (C=O) groups excluding carboxylic acids is 2. The Balaban J connectivity index is 1.15. The molecule has 8 heteroatoms. The van der Waals surface area contributed by atoms with Crippen LogP contribution in [0.15, 0.2) is 72.8 Å². The predicted octanol–water partition coefficient (Wildman–Crippen LogP) is 8.91. The van der Waals surface area contributed by atoms with Gasteiger partial charge in [-0.05, 0) is 87.4 Å². The van der Waals surface area contributed by atoms with E-state index in [9.17, 15) is 9.59 Å². The Labute approximate surface area is 246 Å². The zero-order valence-corrected chi connectivity index (χ0v) is 24.5. The van der Waals surface area contributed by atoms with E-state index in [1.165, 1.54) is 0 Å². The van der Waals surface area contributed by atoms with Crippen LogP contribution in [0.3, 0.4) is 0 Å². The molecule has 2 heterocycles. The van der Waals surface area contributed by atoms with Crippen LogP contribution in [0.25, 0.3) is 43.6 Å². The molecule has 2 aromatic heterocycles. The van der Waals surface area contributed by atoms with Crippen molar-refractivity contribution < 1.29 is 19.1 Å². The van der Waals surface area contributed by atoms with E-state index in [0.717, 1.165) is 54.7 Å². The summed E-state index contributed by atoms with van der Waals surface area (Å²) in [5, 5.41) is 5.41. The number of benzene rings is 4. The van der Waals surface area contributed by atoms with Gasteiger partial charge >= 0.3 is 11.9 Å². The fraction of sp³-hybridized carbons (Fsp3) is 0.212. The predicted molar refractivity (Wildman–Crippen MR) is 164 cm³/mol. The Kier molecular flexibility index (Phi) is 6.51. The minimum absolute atomic E-state index is 0.507. The van der Waals surface area contributed by atoms with Gasteiger partial charge in [-0.3, -0.25) is 9.59 Å². The molecular weight excluding hydrogens is 559 g/mol. The van der Waals surface area contributed by atoms with Crippen molar-refractivity contribution in [3.63, 3.8) is 0 Å². The van der Waals surface area contributed by atoms with E-state index < -0.39 is 29.6 Å². The van der Waals surface area contributed by atoms with E-state index >= 15 is 0 Å². The van der Waals surface area contributed by atoms with Gasteiger partial charge in [-0.25, -0.2) is 0 Å². The van der Waals surface area contributed by atoms with Gasteiger partial charge < -0.3 is 19.4 Å². The quantitative estimate of drug-likeness (QED) is 0.151. The van der Waals surface area contributed by atoms with Crippen molar-refractivity contribution in [3.05, 3.63) is 94.0 Å². The Morgan fingerprint density at radius 2 is 1.00 bits per heavy atom. The van der Waals surface area contributed by atoms with E-state index in [-0.39, 0.29) is 0 Å². The van der Waals surface area contributed by atoms with Crippen molar-refractivity contribution >= 4 is 78.8 Å². The van der Waals surface area contributed by atoms with Gasteiger partial charge in [0.1, 0.15) is 17.6 Å². The van der Waals surface area contributed by atoms with Gasteiger partial charge in [-0.2, -0.15) is 0 Å². The summed E-state index contributed by atoms with van der Waals surface area (Å²) < 4.78 is 11.5. The number of H-pyrrole nitrogens is 2. The number of aromatic nitrogens is 2. The van der Waals surface area contributed by atoms with E-state index in [4.69, 9.17) is 32.7 Å². The summed E-state index contributed by atoms with van der Waals surface area (Å²) in [6, 6.07) is 23.1. The van der Waals surface area contributed by atoms with Crippen molar-refractivity contribution in [1.29, 1.82) is 0 Å². The van der Waals surface area contributed by atoms with Crippen LogP contribution in [0.5, 0.6) is 0 Å². The molecule has 0 saturated carbocycles. The molecule has 2 N–H and O–H groups in total. The highest BCUT2D eigenvalue weighted by Gasteiger charge is 2.31. The maximum Gasteiger partial charge on any atom is 0.318 e. The third kappa shape index (κ3) is 5.14. The molecule has 0 fully saturated rings. The average molecular weight is 588 g/mol. The zero-order chi connectivity index (χ0) is 29.1. The minimum atomic E-state index is -0.973. The van der Waals surface area contributed by atoms with Crippen molar-refractivity contribution in [2.45, 2.75) is 45.3 Å². The molecule has 0 saturated heterocycles. The monoisotopic (exact) mass is 586 g/mol. The second-order valence-electron chi connectivity index (χ2n) is 11.3. The highest BCUT2D eigenvalue weighted by molar-refractivity contribution is 6.32. The number of aromatic amines is 2. The van der Waals surface area contributed by atoms with Crippen LogP contribution in [0.1, 0.15) is 45.2 Å². The van der Waals surface area contributed by atoms with E-state index in [1.54, 1.807) is 27.7 Å². The third-order valence-corrected chi connectivity index (χ3v) is 8.01. The molecule has 0 aliphatic carbocycles. The number of rotatable bonds is 6. The fourth-order valence-corrected chi connectivity index (χ4v) is 5.72. The highest BCUT2D eigenvalue weighted by atomic mass is 35.5. The summed E-state index contributed by atoms with van der Waals surface area (Å²) in [6.07, 6.45) is -0.507. The lowest BCUT2D eigenvalue weighted by Gasteiger charge is -2.27. The summed E-state index contributed by atoms with van der Waals surface area (Å²) in [4.78, 5) is 32.5. The van der Waals surface area contributed by atoms with Gasteiger partial charge in [0.05, 0.1) is 0 Å². The van der Waals surface area contributed by atoms with Crippen LogP contribution in [-0.4, -0.2) is 21.9 Å². The maximum atomic E-state index is 12.8. The SMILES string of the molecule is CC(C)(OC(=O)CC(=O)OC(C)(C)c1ccc2c(c1)[nH]c1ccc(Cl)cc12)c1ccc2c(c1)[nH]c1ccc(Cl)cc12. The van der Waals surface area contributed by atoms with E-state index in [1.807, 2.05) is 72.8 Å². The lowest BCUT2D eigenvalue weighted by Crippen LogP contribution is -2.30. The average Bonchev–Trinajstić information content (AvgIpc) is 3.44. The number of carbonyl (C=O) groups is 2. The summed E-state index contributed by atoms with van der Waals surface area (Å²) in [7, 11) is 0. The minimum Gasteiger partial charge on any atom is -0.454 e. The molecule has 0 aliphatic heterocycles. The first-order valence-corrected chi connectivity index (χ1v) is 14.0. The van der Waals surface area contributed by atoms with Crippen LogP contribution >= 0.6 is 23.2 Å². The lowest BCUT2D eigenvalue weighted by molar-refractivity contribution is -0.169. The van der Waals surface area contributed by atoms with Crippen LogP contribution in [0, 0.1) is 0 Å². The van der Waals surface area contributed by atoms with Crippen molar-refractivity contribution in [2.24, 2.45) is 0 Å². The molecule has 41 heavy (non-hydrogen) atoms. The zero-order valence-electron chi connectivity index (χ0n) is 23.0. The van der Waals surface area contributed by atoms with E-state index in [2.05, 4.69) is 9.97 Å². The van der Waals surface area contributed by atoms with Gasteiger partial charge in [-0.15, -0.1) is 0 Å². The topological polar surface area (TPSA) is 84.2 Å². The largest absolute Gasteiger partial charge is 0.454 e. The second-order valence-corrected chi connectivity index (χ2v) is 12.2. The molecule has 6 aromatic rings. The van der Waals surface area contributed by atoms with Gasteiger partial charge in [0.25, 0.3) is 0 Å². The summed E-state index contributed by atoms with van der Waals surface area (Å²) in [5.41, 5.74) is 3.37. The Hall–Kier alpha value is -4.00. The van der Waals surface area contributed by atoms with Gasteiger partial charge in [-0.1, -0.05) is 47.5 Å². The second kappa shape index (κ2) is 9.82. The standard InChI is InChI=1S/C33H28Cl2N2O4/c1-32(2,18-5-9-22-24-15-20(34)7-11-26(24)36-28(22)13-18)40-30(38)17-31(39)41-33(3,4)19-6-10-23-25-16-21(35)8-12-27(25)37-29(23)14-19/h5-16,36-37H,17H2,1-4H3. The van der Waals surface area contributed by atoms with Crippen LogP contribution in [0.2, 0.25) is 10.0 Å². The van der Waals surface area contributed by atoms with Gasteiger partial charge in [0, 0.05) is 53.7 Å². The summed E-state index contributed by atoms with van der Waals surface area (Å²) in [6.45, 7) is 7.18. The van der Waals surface area contributed by atoms with E-state index in [0.29, 0.717) is 10.0 Å². The molecule has 0 spiro atoms. The molecule has 0 atom stereocenters. The molecule has 6 nitrogen and oxygen atoms in total. The Bertz CT molecular complexity index is 1860. The fourth-order valence-electron chi connectivity index (χ4n) is 5.38. The van der Waals surface area contributed by atoms with Crippen LogP contribution in [-0.2, 0) is 30.3 Å². The molecule has 0 radical (unpaired) electrons. The molecule has 6 rings (SSSR count). The van der Waals surface area contributed by atoms with Gasteiger partial charge in [0.2, 0.25) is 0 Å². The molecule has 0 unspecified atom stereocenters. The highest BCUT2D eigenvalue weighted by Crippen LogP contribution is 2.34. The first-order chi connectivity index (χ1) is 19.4. The van der Waals surface area contributed by atoms with Crippen LogP contribution < -0.4 is 0 Å². The smallest absolute Gasteiger partial charge is 0.318 e. The third-order valence-electron chi connectivity index (χ3n) is 7.54. The molecule has 208 valence electrons. The first kappa shape index (κ1) is 27.2. The van der Waals surface area contributed by atoms with Crippen molar-refractivity contribution in [1.82, 2.24) is 9.97 Å². The Morgan fingerprint density at radius 1 is 0.585 bits per heavy atom. The Morgan fingerprint density at radius 3 is 1.41 bits per heavy atom. The number of fused-ring (bicyclic) bond motifs is 6. The molecule has 0 aliphatic rings. The number of hydrogen-bond acceptors (Lipinski definition) is 4.